The van der Waals surface area contributed by atoms with Gasteiger partial charge in [0.15, 0.2) is 0 Å². The van der Waals surface area contributed by atoms with Crippen molar-refractivity contribution in [3.8, 4) is 11.5 Å². The molecule has 1 atom stereocenters. The number of carbonyl (C=O) groups excluding carboxylic acids is 2. The van der Waals surface area contributed by atoms with Gasteiger partial charge >= 0.3 is 0 Å². The molecule has 1 N–H and O–H groups in total. The summed E-state index contributed by atoms with van der Waals surface area (Å²) in [6, 6.07) is 11.4. The standard InChI is InChI=1S/C23H23NO5/c1-5-12-24-20(17-11-10-16(28-3)13-18(17)29-4)19(22(26)23(24)27)21(25)15-8-6-14(2)7-9-15/h5-11,13,20,25H,1,12H2,2-4H3/b21-19-. The Morgan fingerprint density at radius 1 is 1.14 bits per heavy atom. The average Bonchev–Trinajstić information content (AvgIpc) is 2.98. The molecule has 6 heteroatoms. The van der Waals surface area contributed by atoms with E-state index in [2.05, 4.69) is 6.58 Å². The number of benzene rings is 2. The highest BCUT2D eigenvalue weighted by molar-refractivity contribution is 6.46. The second kappa shape index (κ2) is 8.22. The number of aryl methyl sites for hydroxylation is 1. The number of methoxy groups -OCH3 is 2. The minimum Gasteiger partial charge on any atom is -0.507 e. The third-order valence-electron chi connectivity index (χ3n) is 4.93. The topological polar surface area (TPSA) is 76.1 Å². The van der Waals surface area contributed by atoms with Gasteiger partial charge in [0.2, 0.25) is 0 Å². The van der Waals surface area contributed by atoms with E-state index in [9.17, 15) is 14.7 Å². The predicted octanol–water partition coefficient (Wildman–Crippen LogP) is 3.62. The Hall–Kier alpha value is -3.54. The maximum Gasteiger partial charge on any atom is 0.295 e. The number of likely N-dealkylation sites (tertiary alicyclic amines) is 1. The van der Waals surface area contributed by atoms with Crippen LogP contribution in [0.1, 0.15) is 22.7 Å². The number of carbonyl (C=O) groups is 2. The van der Waals surface area contributed by atoms with Gasteiger partial charge in [0.05, 0.1) is 25.8 Å². The van der Waals surface area contributed by atoms with Gasteiger partial charge in [-0.15, -0.1) is 6.58 Å². The van der Waals surface area contributed by atoms with E-state index in [-0.39, 0.29) is 17.9 Å². The summed E-state index contributed by atoms with van der Waals surface area (Å²) in [5.41, 5.74) is 2.07. The van der Waals surface area contributed by atoms with Gasteiger partial charge in [0.25, 0.3) is 11.7 Å². The van der Waals surface area contributed by atoms with Crippen LogP contribution in [0.2, 0.25) is 0 Å². The molecule has 1 saturated heterocycles. The van der Waals surface area contributed by atoms with Crippen LogP contribution in [0.3, 0.4) is 0 Å². The highest BCUT2D eigenvalue weighted by atomic mass is 16.5. The molecule has 2 aromatic rings. The summed E-state index contributed by atoms with van der Waals surface area (Å²) in [7, 11) is 3.04. The van der Waals surface area contributed by atoms with Gasteiger partial charge < -0.3 is 19.5 Å². The molecule has 6 nitrogen and oxygen atoms in total. The van der Waals surface area contributed by atoms with Crippen molar-refractivity contribution in [3.63, 3.8) is 0 Å². The second-order valence-corrected chi connectivity index (χ2v) is 6.71. The molecule has 0 aromatic heterocycles. The number of rotatable bonds is 6. The van der Waals surface area contributed by atoms with E-state index in [1.807, 2.05) is 19.1 Å². The fraction of sp³-hybridized carbons (Fsp3) is 0.217. The third kappa shape index (κ3) is 3.61. The Morgan fingerprint density at radius 3 is 2.41 bits per heavy atom. The number of aliphatic hydroxyl groups excluding tert-OH is 1. The van der Waals surface area contributed by atoms with Crippen LogP contribution in [-0.2, 0) is 9.59 Å². The number of hydrogen-bond acceptors (Lipinski definition) is 5. The minimum absolute atomic E-state index is 0.0177. The maximum absolute atomic E-state index is 12.9. The van der Waals surface area contributed by atoms with Crippen molar-refractivity contribution in [2.24, 2.45) is 0 Å². The molecule has 1 unspecified atom stereocenters. The van der Waals surface area contributed by atoms with Crippen LogP contribution in [0.4, 0.5) is 0 Å². The SMILES string of the molecule is C=CCN1C(=O)C(=O)/C(=C(\O)c2ccc(C)cc2)C1c1ccc(OC)cc1OC. The smallest absolute Gasteiger partial charge is 0.295 e. The lowest BCUT2D eigenvalue weighted by molar-refractivity contribution is -0.139. The monoisotopic (exact) mass is 393 g/mol. The highest BCUT2D eigenvalue weighted by Crippen LogP contribution is 2.43. The van der Waals surface area contributed by atoms with Gasteiger partial charge in [-0.3, -0.25) is 9.59 Å². The van der Waals surface area contributed by atoms with Crippen LogP contribution in [0.15, 0.2) is 60.7 Å². The van der Waals surface area contributed by atoms with E-state index in [0.29, 0.717) is 22.6 Å². The summed E-state index contributed by atoms with van der Waals surface area (Å²) in [6.45, 7) is 5.76. The lowest BCUT2D eigenvalue weighted by Crippen LogP contribution is -2.29. The Balaban J connectivity index is 2.24. The normalized spacial score (nSPS) is 18.0. The molecule has 29 heavy (non-hydrogen) atoms. The molecule has 0 radical (unpaired) electrons. The first kappa shape index (κ1) is 20.2. The number of hydrogen-bond donors (Lipinski definition) is 1. The van der Waals surface area contributed by atoms with E-state index in [0.717, 1.165) is 5.56 Å². The molecule has 0 aliphatic carbocycles. The first-order chi connectivity index (χ1) is 13.9. The van der Waals surface area contributed by atoms with Gasteiger partial charge in [-0.05, 0) is 19.1 Å². The van der Waals surface area contributed by atoms with Crippen molar-refractivity contribution in [2.45, 2.75) is 13.0 Å². The molecule has 1 aliphatic heterocycles. The molecule has 1 heterocycles. The number of amides is 1. The molecule has 0 bridgehead atoms. The van der Waals surface area contributed by atoms with Gasteiger partial charge in [-0.25, -0.2) is 0 Å². The van der Waals surface area contributed by atoms with Gasteiger partial charge in [0.1, 0.15) is 17.3 Å². The van der Waals surface area contributed by atoms with E-state index in [1.54, 1.807) is 36.4 Å². The zero-order chi connectivity index (χ0) is 21.1. The summed E-state index contributed by atoms with van der Waals surface area (Å²) in [4.78, 5) is 27.0. The van der Waals surface area contributed by atoms with Gasteiger partial charge in [0, 0.05) is 23.7 Å². The van der Waals surface area contributed by atoms with E-state index >= 15 is 0 Å². The predicted molar refractivity (Wildman–Crippen MR) is 110 cm³/mol. The Labute approximate surface area is 169 Å². The quantitative estimate of drug-likeness (QED) is 0.351. The van der Waals surface area contributed by atoms with E-state index in [1.165, 1.54) is 19.1 Å². The molecule has 1 fully saturated rings. The fourth-order valence-corrected chi connectivity index (χ4v) is 3.44. The zero-order valence-corrected chi connectivity index (χ0v) is 16.6. The Morgan fingerprint density at radius 2 is 1.83 bits per heavy atom. The first-order valence-corrected chi connectivity index (χ1v) is 9.11. The molecule has 3 rings (SSSR count). The number of aliphatic hydroxyl groups is 1. The third-order valence-corrected chi connectivity index (χ3v) is 4.93. The van der Waals surface area contributed by atoms with Crippen molar-refractivity contribution in [1.29, 1.82) is 0 Å². The largest absolute Gasteiger partial charge is 0.507 e. The molecular weight excluding hydrogens is 370 g/mol. The van der Waals surface area contributed by atoms with Gasteiger partial charge in [-0.1, -0.05) is 35.9 Å². The van der Waals surface area contributed by atoms with Crippen LogP contribution in [0.5, 0.6) is 11.5 Å². The molecule has 1 aliphatic rings. The number of ketones is 1. The van der Waals surface area contributed by atoms with Crippen LogP contribution < -0.4 is 9.47 Å². The van der Waals surface area contributed by atoms with Crippen molar-refractivity contribution in [3.05, 3.63) is 77.4 Å². The summed E-state index contributed by atoms with van der Waals surface area (Å²) in [5, 5.41) is 11.0. The molecule has 0 saturated carbocycles. The Bertz CT molecular complexity index is 991. The lowest BCUT2D eigenvalue weighted by Gasteiger charge is -2.25. The lowest BCUT2D eigenvalue weighted by atomic mass is 9.94. The van der Waals surface area contributed by atoms with Gasteiger partial charge in [-0.2, -0.15) is 0 Å². The molecule has 2 aromatic carbocycles. The van der Waals surface area contributed by atoms with E-state index < -0.39 is 17.7 Å². The van der Waals surface area contributed by atoms with E-state index in [4.69, 9.17) is 9.47 Å². The zero-order valence-electron chi connectivity index (χ0n) is 16.6. The molecule has 1 amide bonds. The van der Waals surface area contributed by atoms with Crippen LogP contribution in [-0.4, -0.2) is 42.5 Å². The van der Waals surface area contributed by atoms with Crippen molar-refractivity contribution < 1.29 is 24.2 Å². The fourth-order valence-electron chi connectivity index (χ4n) is 3.44. The Kier molecular flexibility index (Phi) is 5.73. The summed E-state index contributed by atoms with van der Waals surface area (Å²) in [5.74, 6) is -0.642. The summed E-state index contributed by atoms with van der Waals surface area (Å²) >= 11 is 0. The van der Waals surface area contributed by atoms with Crippen molar-refractivity contribution in [2.75, 3.05) is 20.8 Å². The number of ether oxygens (including phenoxy) is 2. The van der Waals surface area contributed by atoms with Crippen LogP contribution >= 0.6 is 0 Å². The van der Waals surface area contributed by atoms with Crippen LogP contribution in [0, 0.1) is 6.92 Å². The average molecular weight is 393 g/mol. The summed E-state index contributed by atoms with van der Waals surface area (Å²) in [6.07, 6.45) is 1.54. The van der Waals surface area contributed by atoms with Crippen LogP contribution in [0.25, 0.3) is 5.76 Å². The second-order valence-electron chi connectivity index (χ2n) is 6.71. The molecular formula is C23H23NO5. The van der Waals surface area contributed by atoms with Crippen molar-refractivity contribution >= 4 is 17.4 Å². The maximum atomic E-state index is 12.9. The molecule has 150 valence electrons. The first-order valence-electron chi connectivity index (χ1n) is 9.11. The number of Topliss-reactive ketones (excluding diaryl/α,β-unsaturated/α-hetero) is 1. The minimum atomic E-state index is -0.810. The molecule has 0 spiro atoms. The summed E-state index contributed by atoms with van der Waals surface area (Å²) < 4.78 is 10.7. The highest BCUT2D eigenvalue weighted by Gasteiger charge is 2.46. The number of nitrogens with zero attached hydrogens (tertiary/aromatic N) is 1. The van der Waals surface area contributed by atoms with Crippen molar-refractivity contribution in [1.82, 2.24) is 4.90 Å².